The van der Waals surface area contributed by atoms with Crippen LogP contribution in [0.5, 0.6) is 0 Å². The maximum atomic E-state index is 11.9. The molecule has 1 spiro atoms. The van der Waals surface area contributed by atoms with Crippen molar-refractivity contribution in [3.63, 3.8) is 0 Å². The van der Waals surface area contributed by atoms with Gasteiger partial charge in [-0.15, -0.1) is 0 Å². The standard InChI is InChI=1S/C12H22N2O2/c1-2-16-8-3-11(15)14-7-5-12(10-14)4-6-13-9-12/h13H,2-10H2,1H3. The number of ether oxygens (including phenoxy) is 1. The summed E-state index contributed by atoms with van der Waals surface area (Å²) in [6.45, 7) is 7.30. The Kier molecular flexibility index (Phi) is 3.82. The lowest BCUT2D eigenvalue weighted by Gasteiger charge is -2.22. The van der Waals surface area contributed by atoms with Crippen LogP contribution in [-0.2, 0) is 9.53 Å². The van der Waals surface area contributed by atoms with Crippen molar-refractivity contribution in [2.45, 2.75) is 26.2 Å². The molecule has 1 unspecified atom stereocenters. The third kappa shape index (κ3) is 2.55. The molecule has 4 heteroatoms. The van der Waals surface area contributed by atoms with Crippen LogP contribution in [0.4, 0.5) is 0 Å². The van der Waals surface area contributed by atoms with Gasteiger partial charge in [-0.2, -0.15) is 0 Å². The Labute approximate surface area is 97.3 Å². The number of hydrogen-bond donors (Lipinski definition) is 1. The van der Waals surface area contributed by atoms with Gasteiger partial charge in [0.05, 0.1) is 13.0 Å². The van der Waals surface area contributed by atoms with Gasteiger partial charge in [0.15, 0.2) is 0 Å². The lowest BCUT2D eigenvalue weighted by atomic mass is 9.87. The lowest BCUT2D eigenvalue weighted by molar-refractivity contribution is -0.131. The summed E-state index contributed by atoms with van der Waals surface area (Å²) in [6.07, 6.45) is 2.93. The summed E-state index contributed by atoms with van der Waals surface area (Å²) in [5, 5.41) is 3.40. The minimum Gasteiger partial charge on any atom is -0.381 e. The smallest absolute Gasteiger partial charge is 0.224 e. The molecule has 92 valence electrons. The van der Waals surface area contributed by atoms with Gasteiger partial charge in [0, 0.05) is 31.7 Å². The number of nitrogens with zero attached hydrogens (tertiary/aromatic N) is 1. The number of rotatable bonds is 4. The van der Waals surface area contributed by atoms with E-state index >= 15 is 0 Å². The average molecular weight is 226 g/mol. The summed E-state index contributed by atoms with van der Waals surface area (Å²) >= 11 is 0. The molecular formula is C12H22N2O2. The lowest BCUT2D eigenvalue weighted by Crippen LogP contribution is -2.33. The normalized spacial score (nSPS) is 29.2. The molecule has 1 N–H and O–H groups in total. The summed E-state index contributed by atoms with van der Waals surface area (Å²) in [5.41, 5.74) is 0.390. The zero-order chi connectivity index (χ0) is 11.4. The number of nitrogens with one attached hydrogen (secondary N) is 1. The van der Waals surface area contributed by atoms with E-state index in [0.717, 1.165) is 26.2 Å². The summed E-state index contributed by atoms with van der Waals surface area (Å²) in [5.74, 6) is 0.261. The Morgan fingerprint density at radius 1 is 1.50 bits per heavy atom. The highest BCUT2D eigenvalue weighted by atomic mass is 16.5. The van der Waals surface area contributed by atoms with Crippen LogP contribution in [0.1, 0.15) is 26.2 Å². The minimum absolute atomic E-state index is 0.261. The molecule has 0 radical (unpaired) electrons. The van der Waals surface area contributed by atoms with Gasteiger partial charge in [0.1, 0.15) is 0 Å². The van der Waals surface area contributed by atoms with Gasteiger partial charge in [0.25, 0.3) is 0 Å². The Hall–Kier alpha value is -0.610. The van der Waals surface area contributed by atoms with Crippen molar-refractivity contribution < 1.29 is 9.53 Å². The van der Waals surface area contributed by atoms with E-state index < -0.39 is 0 Å². The van der Waals surface area contributed by atoms with E-state index in [1.807, 2.05) is 11.8 Å². The molecule has 16 heavy (non-hydrogen) atoms. The summed E-state index contributed by atoms with van der Waals surface area (Å²) in [6, 6.07) is 0. The largest absolute Gasteiger partial charge is 0.381 e. The zero-order valence-electron chi connectivity index (χ0n) is 10.1. The molecule has 2 rings (SSSR count). The molecule has 0 saturated carbocycles. The van der Waals surface area contributed by atoms with Crippen LogP contribution >= 0.6 is 0 Å². The molecule has 2 heterocycles. The summed E-state index contributed by atoms with van der Waals surface area (Å²) < 4.78 is 5.22. The van der Waals surface area contributed by atoms with Crippen LogP contribution in [0.3, 0.4) is 0 Å². The van der Waals surface area contributed by atoms with Gasteiger partial charge in [-0.1, -0.05) is 0 Å². The number of carbonyl (C=O) groups is 1. The monoisotopic (exact) mass is 226 g/mol. The molecule has 2 fully saturated rings. The van der Waals surface area contributed by atoms with E-state index in [1.165, 1.54) is 12.8 Å². The highest BCUT2D eigenvalue weighted by molar-refractivity contribution is 5.76. The first-order chi connectivity index (χ1) is 7.76. The average Bonchev–Trinajstić information content (AvgIpc) is 2.90. The fourth-order valence-corrected chi connectivity index (χ4v) is 2.75. The number of hydrogen-bond acceptors (Lipinski definition) is 3. The minimum atomic E-state index is 0.261. The van der Waals surface area contributed by atoms with Crippen molar-refractivity contribution in [2.75, 3.05) is 39.4 Å². The van der Waals surface area contributed by atoms with Crippen LogP contribution in [0, 0.1) is 5.41 Å². The number of amides is 1. The van der Waals surface area contributed by atoms with Crippen LogP contribution in [0.25, 0.3) is 0 Å². The third-order valence-electron chi connectivity index (χ3n) is 3.79. The molecule has 0 aromatic rings. The van der Waals surface area contributed by atoms with E-state index in [-0.39, 0.29) is 5.91 Å². The first kappa shape index (κ1) is 11.9. The van der Waals surface area contributed by atoms with E-state index in [0.29, 0.717) is 25.0 Å². The van der Waals surface area contributed by atoms with E-state index in [1.54, 1.807) is 0 Å². The Morgan fingerprint density at radius 2 is 2.38 bits per heavy atom. The van der Waals surface area contributed by atoms with Crippen molar-refractivity contribution >= 4 is 5.91 Å². The second-order valence-corrected chi connectivity index (χ2v) is 4.94. The molecule has 2 aliphatic rings. The molecule has 1 atom stereocenters. The Bertz CT molecular complexity index is 249. The van der Waals surface area contributed by atoms with Gasteiger partial charge in [-0.3, -0.25) is 4.79 Å². The first-order valence-electron chi connectivity index (χ1n) is 6.32. The van der Waals surface area contributed by atoms with Gasteiger partial charge in [0.2, 0.25) is 5.91 Å². The zero-order valence-corrected chi connectivity index (χ0v) is 10.1. The predicted molar refractivity (Wildman–Crippen MR) is 62.2 cm³/mol. The van der Waals surface area contributed by atoms with Crippen molar-refractivity contribution in [1.82, 2.24) is 10.2 Å². The summed E-state index contributed by atoms with van der Waals surface area (Å²) in [4.78, 5) is 13.9. The van der Waals surface area contributed by atoms with Crippen LogP contribution in [0.2, 0.25) is 0 Å². The molecule has 2 aliphatic heterocycles. The topological polar surface area (TPSA) is 41.6 Å². The Balaban J connectivity index is 1.77. The van der Waals surface area contributed by atoms with E-state index in [2.05, 4.69) is 5.32 Å². The molecule has 1 amide bonds. The molecule has 0 aliphatic carbocycles. The van der Waals surface area contributed by atoms with Crippen molar-refractivity contribution in [3.05, 3.63) is 0 Å². The highest BCUT2D eigenvalue weighted by Gasteiger charge is 2.41. The second kappa shape index (κ2) is 5.15. The first-order valence-corrected chi connectivity index (χ1v) is 6.32. The second-order valence-electron chi connectivity index (χ2n) is 4.94. The van der Waals surface area contributed by atoms with Crippen molar-refractivity contribution in [3.8, 4) is 0 Å². The highest BCUT2D eigenvalue weighted by Crippen LogP contribution is 2.36. The Morgan fingerprint density at radius 3 is 3.06 bits per heavy atom. The van der Waals surface area contributed by atoms with Gasteiger partial charge in [-0.05, 0) is 26.3 Å². The molecule has 4 nitrogen and oxygen atoms in total. The fraction of sp³-hybridized carbons (Fsp3) is 0.917. The predicted octanol–water partition coefficient (Wildman–Crippen LogP) is 0.625. The maximum Gasteiger partial charge on any atom is 0.224 e. The molecular weight excluding hydrogens is 204 g/mol. The molecule has 2 saturated heterocycles. The maximum absolute atomic E-state index is 11.9. The number of carbonyl (C=O) groups excluding carboxylic acids is 1. The van der Waals surface area contributed by atoms with E-state index in [4.69, 9.17) is 4.74 Å². The van der Waals surface area contributed by atoms with Gasteiger partial charge >= 0.3 is 0 Å². The fourth-order valence-electron chi connectivity index (χ4n) is 2.75. The quantitative estimate of drug-likeness (QED) is 0.715. The van der Waals surface area contributed by atoms with E-state index in [9.17, 15) is 4.79 Å². The van der Waals surface area contributed by atoms with Gasteiger partial charge < -0.3 is 15.0 Å². The molecule has 0 bridgehead atoms. The van der Waals surface area contributed by atoms with Crippen LogP contribution in [0.15, 0.2) is 0 Å². The third-order valence-corrected chi connectivity index (χ3v) is 3.79. The van der Waals surface area contributed by atoms with Crippen LogP contribution in [-0.4, -0.2) is 50.2 Å². The number of likely N-dealkylation sites (tertiary alicyclic amines) is 1. The molecule has 0 aromatic carbocycles. The molecule has 0 aromatic heterocycles. The SMILES string of the molecule is CCOCCC(=O)N1CCC2(CCNC2)C1. The summed E-state index contributed by atoms with van der Waals surface area (Å²) in [7, 11) is 0. The van der Waals surface area contributed by atoms with Crippen molar-refractivity contribution in [2.24, 2.45) is 5.41 Å². The van der Waals surface area contributed by atoms with Crippen molar-refractivity contribution in [1.29, 1.82) is 0 Å². The van der Waals surface area contributed by atoms with Gasteiger partial charge in [-0.25, -0.2) is 0 Å². The van der Waals surface area contributed by atoms with Crippen LogP contribution < -0.4 is 5.32 Å².